The van der Waals surface area contributed by atoms with Crippen LogP contribution in [0.1, 0.15) is 18.1 Å². The Morgan fingerprint density at radius 2 is 1.75 bits per heavy atom. The summed E-state index contributed by atoms with van der Waals surface area (Å²) in [6, 6.07) is 18.3. The lowest BCUT2D eigenvalue weighted by Crippen LogP contribution is -2.23. The minimum atomic E-state index is -0.424. The number of nitrogens with one attached hydrogen (secondary N) is 2. The Hall–Kier alpha value is -3.39. The lowest BCUT2D eigenvalue weighted by Gasteiger charge is -2.05. The molecule has 0 aliphatic heterocycles. The Morgan fingerprint density at radius 1 is 1.08 bits per heavy atom. The summed E-state index contributed by atoms with van der Waals surface area (Å²) in [4.78, 5) is 23.1. The van der Waals surface area contributed by atoms with Gasteiger partial charge in [0, 0.05) is 19.2 Å². The molecular weight excluding hydrogens is 302 g/mol. The number of hydrogen-bond acceptors (Lipinski definition) is 3. The van der Waals surface area contributed by atoms with E-state index in [4.69, 9.17) is 0 Å². The van der Waals surface area contributed by atoms with Crippen LogP contribution in [0.5, 0.6) is 0 Å². The summed E-state index contributed by atoms with van der Waals surface area (Å²) in [6.07, 6.45) is 1.51. The molecule has 5 nitrogen and oxygen atoms in total. The zero-order chi connectivity index (χ0) is 17.4. The summed E-state index contributed by atoms with van der Waals surface area (Å²) in [5, 5.41) is 14.6. The molecule has 2 aromatic rings. The molecular formula is C19H17N3O2. The standard InChI is InChI=1S/C19H17N3O2/c1-14(23)22-18-9-7-15(8-10-18)11-17(12-20)19(24)21-13-16-5-3-2-4-6-16/h2-11H,13H2,1H3,(H,21,24)(H,22,23)/b17-11+. The second-order valence-corrected chi connectivity index (χ2v) is 5.14. The quantitative estimate of drug-likeness (QED) is 0.657. The molecule has 0 aliphatic rings. The van der Waals surface area contributed by atoms with Crippen molar-refractivity contribution in [2.45, 2.75) is 13.5 Å². The third kappa shape index (κ3) is 5.11. The number of benzene rings is 2. The van der Waals surface area contributed by atoms with E-state index in [1.165, 1.54) is 13.0 Å². The first-order valence-electron chi connectivity index (χ1n) is 7.40. The van der Waals surface area contributed by atoms with Crippen LogP contribution in [-0.2, 0) is 16.1 Å². The molecule has 0 fully saturated rings. The average molecular weight is 319 g/mol. The Balaban J connectivity index is 2.04. The largest absolute Gasteiger partial charge is 0.347 e. The highest BCUT2D eigenvalue weighted by molar-refractivity contribution is 6.01. The van der Waals surface area contributed by atoms with Gasteiger partial charge in [-0.1, -0.05) is 42.5 Å². The van der Waals surface area contributed by atoms with Gasteiger partial charge in [0.05, 0.1) is 0 Å². The van der Waals surface area contributed by atoms with Gasteiger partial charge in [-0.15, -0.1) is 0 Å². The van der Waals surface area contributed by atoms with Crippen molar-refractivity contribution in [3.8, 4) is 6.07 Å². The molecule has 120 valence electrons. The van der Waals surface area contributed by atoms with Crippen molar-refractivity contribution in [3.63, 3.8) is 0 Å². The zero-order valence-electron chi connectivity index (χ0n) is 13.2. The molecule has 0 aliphatic carbocycles. The van der Waals surface area contributed by atoms with Gasteiger partial charge in [-0.2, -0.15) is 5.26 Å². The van der Waals surface area contributed by atoms with Crippen LogP contribution in [0.15, 0.2) is 60.2 Å². The second kappa shape index (κ2) is 8.30. The molecule has 0 heterocycles. The lowest BCUT2D eigenvalue weighted by molar-refractivity contribution is -0.117. The van der Waals surface area contributed by atoms with Crippen molar-refractivity contribution < 1.29 is 9.59 Å². The molecule has 0 atom stereocenters. The van der Waals surface area contributed by atoms with Crippen LogP contribution >= 0.6 is 0 Å². The Bertz CT molecular complexity index is 788. The molecule has 2 rings (SSSR count). The van der Waals surface area contributed by atoms with Crippen molar-refractivity contribution in [2.24, 2.45) is 0 Å². The fourth-order valence-corrected chi connectivity index (χ4v) is 2.05. The third-order valence-electron chi connectivity index (χ3n) is 3.20. The number of rotatable bonds is 5. The highest BCUT2D eigenvalue weighted by atomic mass is 16.2. The highest BCUT2D eigenvalue weighted by Gasteiger charge is 2.08. The van der Waals surface area contributed by atoms with Crippen molar-refractivity contribution in [1.82, 2.24) is 5.32 Å². The first-order valence-corrected chi connectivity index (χ1v) is 7.40. The fourth-order valence-electron chi connectivity index (χ4n) is 2.05. The monoisotopic (exact) mass is 319 g/mol. The molecule has 0 radical (unpaired) electrons. The van der Waals surface area contributed by atoms with E-state index < -0.39 is 5.91 Å². The van der Waals surface area contributed by atoms with E-state index in [2.05, 4.69) is 10.6 Å². The number of hydrogen-bond donors (Lipinski definition) is 2. The van der Waals surface area contributed by atoms with Gasteiger partial charge in [0.25, 0.3) is 5.91 Å². The number of carbonyl (C=O) groups excluding carboxylic acids is 2. The van der Waals surface area contributed by atoms with Crippen LogP contribution in [-0.4, -0.2) is 11.8 Å². The molecule has 5 heteroatoms. The minimum Gasteiger partial charge on any atom is -0.347 e. The predicted molar refractivity (Wildman–Crippen MR) is 92.6 cm³/mol. The van der Waals surface area contributed by atoms with Crippen LogP contribution in [0.3, 0.4) is 0 Å². The summed E-state index contributed by atoms with van der Waals surface area (Å²) < 4.78 is 0. The first-order chi connectivity index (χ1) is 11.6. The second-order valence-electron chi connectivity index (χ2n) is 5.14. The molecule has 0 bridgehead atoms. The van der Waals surface area contributed by atoms with Gasteiger partial charge in [-0.05, 0) is 29.3 Å². The number of anilines is 1. The smallest absolute Gasteiger partial charge is 0.262 e. The van der Waals surface area contributed by atoms with Crippen LogP contribution in [0.4, 0.5) is 5.69 Å². The number of nitrogens with zero attached hydrogens (tertiary/aromatic N) is 1. The molecule has 0 saturated carbocycles. The molecule has 24 heavy (non-hydrogen) atoms. The van der Waals surface area contributed by atoms with E-state index in [-0.39, 0.29) is 11.5 Å². The fraction of sp³-hybridized carbons (Fsp3) is 0.105. The van der Waals surface area contributed by atoms with E-state index in [9.17, 15) is 14.9 Å². The van der Waals surface area contributed by atoms with E-state index in [0.29, 0.717) is 17.8 Å². The van der Waals surface area contributed by atoms with E-state index in [0.717, 1.165) is 5.56 Å². The lowest BCUT2D eigenvalue weighted by atomic mass is 10.1. The average Bonchev–Trinajstić information content (AvgIpc) is 2.59. The van der Waals surface area contributed by atoms with Crippen molar-refractivity contribution in [2.75, 3.05) is 5.32 Å². The van der Waals surface area contributed by atoms with Gasteiger partial charge in [-0.3, -0.25) is 9.59 Å². The number of amides is 2. The zero-order valence-corrected chi connectivity index (χ0v) is 13.2. The van der Waals surface area contributed by atoms with E-state index in [1.54, 1.807) is 24.3 Å². The summed E-state index contributed by atoms with van der Waals surface area (Å²) in [5.41, 5.74) is 2.35. The molecule has 0 aromatic heterocycles. The SMILES string of the molecule is CC(=O)Nc1ccc(/C=C(\C#N)C(=O)NCc2ccccc2)cc1. The number of nitriles is 1. The van der Waals surface area contributed by atoms with Crippen molar-refractivity contribution >= 4 is 23.6 Å². The Kier molecular flexibility index (Phi) is 5.87. The van der Waals surface area contributed by atoms with Gasteiger partial charge in [0.2, 0.25) is 5.91 Å². The predicted octanol–water partition coefficient (Wildman–Crippen LogP) is 2.87. The highest BCUT2D eigenvalue weighted by Crippen LogP contribution is 2.12. The maximum absolute atomic E-state index is 12.1. The molecule has 2 amide bonds. The summed E-state index contributed by atoms with van der Waals surface area (Å²) in [5.74, 6) is -0.580. The molecule has 2 aromatic carbocycles. The Morgan fingerprint density at radius 3 is 2.33 bits per heavy atom. The van der Waals surface area contributed by atoms with Crippen LogP contribution < -0.4 is 10.6 Å². The normalized spacial score (nSPS) is 10.6. The summed E-state index contributed by atoms with van der Waals surface area (Å²) in [6.45, 7) is 1.79. The van der Waals surface area contributed by atoms with Crippen LogP contribution in [0.25, 0.3) is 6.08 Å². The first kappa shape index (κ1) is 17.0. The third-order valence-corrected chi connectivity index (χ3v) is 3.20. The maximum Gasteiger partial charge on any atom is 0.262 e. The number of carbonyl (C=O) groups is 2. The van der Waals surface area contributed by atoms with Gasteiger partial charge in [-0.25, -0.2) is 0 Å². The molecule has 0 unspecified atom stereocenters. The van der Waals surface area contributed by atoms with Gasteiger partial charge < -0.3 is 10.6 Å². The minimum absolute atomic E-state index is 0.0261. The van der Waals surface area contributed by atoms with Crippen LogP contribution in [0.2, 0.25) is 0 Å². The maximum atomic E-state index is 12.1. The van der Waals surface area contributed by atoms with Crippen LogP contribution in [0, 0.1) is 11.3 Å². The summed E-state index contributed by atoms with van der Waals surface area (Å²) >= 11 is 0. The van der Waals surface area contributed by atoms with Crippen molar-refractivity contribution in [1.29, 1.82) is 5.26 Å². The molecule has 0 spiro atoms. The van der Waals surface area contributed by atoms with Gasteiger partial charge >= 0.3 is 0 Å². The van der Waals surface area contributed by atoms with Gasteiger partial charge in [0.15, 0.2) is 0 Å². The van der Waals surface area contributed by atoms with Gasteiger partial charge in [0.1, 0.15) is 11.6 Å². The molecule has 2 N–H and O–H groups in total. The Labute approximate surface area is 140 Å². The summed E-state index contributed by atoms with van der Waals surface area (Å²) in [7, 11) is 0. The topological polar surface area (TPSA) is 82.0 Å². The van der Waals surface area contributed by atoms with Crippen molar-refractivity contribution in [3.05, 3.63) is 71.3 Å². The van der Waals surface area contributed by atoms with E-state index >= 15 is 0 Å². The van der Waals surface area contributed by atoms with E-state index in [1.807, 2.05) is 36.4 Å². The molecule has 0 saturated heterocycles.